The Labute approximate surface area is 111 Å². The first-order valence-corrected chi connectivity index (χ1v) is 6.67. The molecular formula is C13H19NO3S. The van der Waals surface area contributed by atoms with E-state index in [-0.39, 0.29) is 5.91 Å². The quantitative estimate of drug-likeness (QED) is 0.656. The number of hydrogen-bond donors (Lipinski definition) is 1. The van der Waals surface area contributed by atoms with E-state index in [0.29, 0.717) is 6.54 Å². The van der Waals surface area contributed by atoms with Crippen LogP contribution < -0.4 is 5.32 Å². The van der Waals surface area contributed by atoms with E-state index in [1.807, 2.05) is 12.3 Å². The molecule has 4 nitrogen and oxygen atoms in total. The summed E-state index contributed by atoms with van der Waals surface area (Å²) in [6.45, 7) is 5.70. The summed E-state index contributed by atoms with van der Waals surface area (Å²) in [7, 11) is 1.28. The second kappa shape index (κ2) is 6.00. The van der Waals surface area contributed by atoms with Crippen molar-refractivity contribution in [1.82, 2.24) is 5.32 Å². The van der Waals surface area contributed by atoms with Crippen molar-refractivity contribution in [3.05, 3.63) is 21.9 Å². The summed E-state index contributed by atoms with van der Waals surface area (Å²) < 4.78 is 4.61. The summed E-state index contributed by atoms with van der Waals surface area (Å²) in [6, 6.07) is 2.06. The van der Waals surface area contributed by atoms with Gasteiger partial charge in [0.05, 0.1) is 7.11 Å². The molecule has 1 aromatic heterocycles. The second-order valence-corrected chi connectivity index (χ2v) is 5.65. The number of aryl methyl sites for hydroxylation is 1. The highest BCUT2D eigenvalue weighted by Gasteiger charge is 2.36. The minimum Gasteiger partial charge on any atom is -0.468 e. The zero-order valence-electron chi connectivity index (χ0n) is 11.2. The summed E-state index contributed by atoms with van der Waals surface area (Å²) in [5.41, 5.74) is 0.0978. The number of methoxy groups -OCH3 is 1. The Kier molecular flexibility index (Phi) is 4.90. The number of hydrogen-bond acceptors (Lipinski definition) is 4. The number of nitrogens with one attached hydrogen (secondary N) is 1. The SMILES string of the molecule is COC(=O)C(C)(C)C(=O)NCCc1sccc1C. The molecule has 1 N–H and O–H groups in total. The van der Waals surface area contributed by atoms with Gasteiger partial charge in [-0.1, -0.05) is 0 Å². The van der Waals surface area contributed by atoms with Crippen molar-refractivity contribution in [2.24, 2.45) is 5.41 Å². The van der Waals surface area contributed by atoms with Crippen LogP contribution in [0.3, 0.4) is 0 Å². The highest BCUT2D eigenvalue weighted by molar-refractivity contribution is 7.10. The molecule has 5 heteroatoms. The van der Waals surface area contributed by atoms with Gasteiger partial charge in [-0.15, -0.1) is 11.3 Å². The van der Waals surface area contributed by atoms with Gasteiger partial charge in [0.25, 0.3) is 0 Å². The molecular weight excluding hydrogens is 250 g/mol. The number of ether oxygens (including phenoxy) is 1. The molecule has 0 atom stereocenters. The highest BCUT2D eigenvalue weighted by atomic mass is 32.1. The Morgan fingerprint density at radius 2 is 2.11 bits per heavy atom. The van der Waals surface area contributed by atoms with Gasteiger partial charge in [0.1, 0.15) is 5.41 Å². The Morgan fingerprint density at radius 1 is 1.44 bits per heavy atom. The van der Waals surface area contributed by atoms with Crippen LogP contribution in [0.15, 0.2) is 11.4 Å². The van der Waals surface area contributed by atoms with Crippen LogP contribution in [-0.2, 0) is 20.7 Å². The average molecular weight is 269 g/mol. The lowest BCUT2D eigenvalue weighted by Crippen LogP contribution is -2.43. The minimum atomic E-state index is -1.14. The average Bonchev–Trinajstić information content (AvgIpc) is 2.73. The first-order chi connectivity index (χ1) is 8.39. The Hall–Kier alpha value is -1.36. The van der Waals surface area contributed by atoms with Crippen LogP contribution in [0.25, 0.3) is 0 Å². The molecule has 0 fully saturated rings. The van der Waals surface area contributed by atoms with E-state index in [1.165, 1.54) is 17.6 Å². The number of carbonyl (C=O) groups excluding carboxylic acids is 2. The molecule has 1 aromatic rings. The lowest BCUT2D eigenvalue weighted by molar-refractivity contribution is -0.156. The van der Waals surface area contributed by atoms with Gasteiger partial charge in [-0.05, 0) is 44.2 Å². The molecule has 0 bridgehead atoms. The Balaban J connectivity index is 2.47. The molecule has 0 saturated carbocycles. The molecule has 1 heterocycles. The first-order valence-electron chi connectivity index (χ1n) is 5.79. The van der Waals surface area contributed by atoms with E-state index in [1.54, 1.807) is 25.2 Å². The van der Waals surface area contributed by atoms with Crippen LogP contribution in [0.4, 0.5) is 0 Å². The standard InChI is InChI=1S/C13H19NO3S/c1-9-6-8-18-10(9)5-7-14-11(15)13(2,3)12(16)17-4/h6,8H,5,7H2,1-4H3,(H,14,15). The van der Waals surface area contributed by atoms with Crippen molar-refractivity contribution in [3.8, 4) is 0 Å². The fourth-order valence-corrected chi connectivity index (χ4v) is 2.43. The molecule has 0 spiro atoms. The molecule has 0 aliphatic rings. The molecule has 0 aliphatic carbocycles. The predicted molar refractivity (Wildman–Crippen MR) is 71.6 cm³/mol. The maximum Gasteiger partial charge on any atom is 0.320 e. The molecule has 0 aromatic carbocycles. The second-order valence-electron chi connectivity index (χ2n) is 4.65. The van der Waals surface area contributed by atoms with E-state index in [0.717, 1.165) is 6.42 Å². The van der Waals surface area contributed by atoms with Crippen molar-refractivity contribution in [2.45, 2.75) is 27.2 Å². The lowest BCUT2D eigenvalue weighted by Gasteiger charge is -2.20. The molecule has 18 heavy (non-hydrogen) atoms. The van der Waals surface area contributed by atoms with Crippen molar-refractivity contribution in [1.29, 1.82) is 0 Å². The third kappa shape index (κ3) is 3.32. The van der Waals surface area contributed by atoms with E-state index < -0.39 is 11.4 Å². The van der Waals surface area contributed by atoms with Crippen LogP contribution in [0.1, 0.15) is 24.3 Å². The van der Waals surface area contributed by atoms with E-state index in [9.17, 15) is 9.59 Å². The topological polar surface area (TPSA) is 55.4 Å². The van der Waals surface area contributed by atoms with E-state index in [2.05, 4.69) is 16.1 Å². The molecule has 1 amide bonds. The zero-order valence-corrected chi connectivity index (χ0v) is 12.0. The molecule has 0 radical (unpaired) electrons. The van der Waals surface area contributed by atoms with Crippen LogP contribution in [0.5, 0.6) is 0 Å². The summed E-state index contributed by atoms with van der Waals surface area (Å²) in [5, 5.41) is 4.80. The maximum absolute atomic E-state index is 11.9. The molecule has 1 rings (SSSR count). The number of thiophene rings is 1. The van der Waals surface area contributed by atoms with Gasteiger partial charge in [-0.2, -0.15) is 0 Å². The fourth-order valence-electron chi connectivity index (χ4n) is 1.52. The fraction of sp³-hybridized carbons (Fsp3) is 0.538. The summed E-state index contributed by atoms with van der Waals surface area (Å²) in [6.07, 6.45) is 0.784. The van der Waals surface area contributed by atoms with Crippen molar-refractivity contribution < 1.29 is 14.3 Å². The van der Waals surface area contributed by atoms with Crippen LogP contribution in [0.2, 0.25) is 0 Å². The van der Waals surface area contributed by atoms with Crippen molar-refractivity contribution >= 4 is 23.2 Å². The molecule has 0 aliphatic heterocycles. The van der Waals surface area contributed by atoms with Gasteiger partial charge in [0.15, 0.2) is 0 Å². The summed E-state index contributed by atoms with van der Waals surface area (Å²) in [4.78, 5) is 24.6. The normalized spacial score (nSPS) is 11.1. The lowest BCUT2D eigenvalue weighted by atomic mass is 9.92. The molecule has 100 valence electrons. The van der Waals surface area contributed by atoms with Gasteiger partial charge in [-0.3, -0.25) is 9.59 Å². The highest BCUT2D eigenvalue weighted by Crippen LogP contribution is 2.18. The van der Waals surface area contributed by atoms with Gasteiger partial charge in [0.2, 0.25) is 5.91 Å². The first kappa shape index (κ1) is 14.7. The third-order valence-corrected chi connectivity index (χ3v) is 3.95. The number of rotatable bonds is 5. The number of amides is 1. The van der Waals surface area contributed by atoms with E-state index >= 15 is 0 Å². The third-order valence-electron chi connectivity index (χ3n) is 2.87. The van der Waals surface area contributed by atoms with Gasteiger partial charge >= 0.3 is 5.97 Å². The molecule has 0 unspecified atom stereocenters. The van der Waals surface area contributed by atoms with Crippen LogP contribution >= 0.6 is 11.3 Å². The van der Waals surface area contributed by atoms with Gasteiger partial charge in [0, 0.05) is 11.4 Å². The van der Waals surface area contributed by atoms with Gasteiger partial charge < -0.3 is 10.1 Å². The summed E-state index contributed by atoms with van der Waals surface area (Å²) >= 11 is 1.68. The zero-order chi connectivity index (χ0) is 13.8. The smallest absolute Gasteiger partial charge is 0.320 e. The minimum absolute atomic E-state index is 0.302. The number of esters is 1. The Bertz CT molecular complexity index is 437. The van der Waals surface area contributed by atoms with Crippen molar-refractivity contribution in [3.63, 3.8) is 0 Å². The molecule has 0 saturated heterocycles. The van der Waals surface area contributed by atoms with E-state index in [4.69, 9.17) is 0 Å². The van der Waals surface area contributed by atoms with Crippen molar-refractivity contribution in [2.75, 3.05) is 13.7 Å². The summed E-state index contributed by atoms with van der Waals surface area (Å²) in [5.74, 6) is -0.823. The maximum atomic E-state index is 11.9. The van der Waals surface area contributed by atoms with Gasteiger partial charge in [-0.25, -0.2) is 0 Å². The predicted octanol–water partition coefficient (Wildman–Crippen LogP) is 1.91. The largest absolute Gasteiger partial charge is 0.468 e. The number of carbonyl (C=O) groups is 2. The monoisotopic (exact) mass is 269 g/mol. The Morgan fingerprint density at radius 3 is 2.61 bits per heavy atom. The van der Waals surface area contributed by atoms with Crippen LogP contribution in [-0.4, -0.2) is 25.5 Å². The van der Waals surface area contributed by atoms with Crippen LogP contribution in [0, 0.1) is 12.3 Å².